The van der Waals surface area contributed by atoms with E-state index in [-0.39, 0.29) is 23.5 Å². The lowest BCUT2D eigenvalue weighted by Gasteiger charge is -2.40. The van der Waals surface area contributed by atoms with Crippen LogP contribution in [-0.2, 0) is 0 Å². The SMILES string of the molecule is CC1CN(c2ncc(C(O)CO)cc2F)CCN1C(=O)Nc1nc2ccccc2s1. The molecule has 0 radical (unpaired) electrons. The van der Waals surface area contributed by atoms with Gasteiger partial charge in [0.1, 0.15) is 6.10 Å². The second-order valence-corrected chi connectivity index (χ2v) is 8.21. The molecule has 1 aliphatic rings. The molecule has 158 valence electrons. The molecule has 3 heterocycles. The summed E-state index contributed by atoms with van der Waals surface area (Å²) >= 11 is 1.42. The van der Waals surface area contributed by atoms with Crippen molar-refractivity contribution in [3.05, 3.63) is 47.9 Å². The van der Waals surface area contributed by atoms with Gasteiger partial charge in [0.25, 0.3) is 0 Å². The van der Waals surface area contributed by atoms with Crippen molar-refractivity contribution >= 4 is 38.5 Å². The predicted molar refractivity (Wildman–Crippen MR) is 113 cm³/mol. The largest absolute Gasteiger partial charge is 0.393 e. The Balaban J connectivity index is 1.42. The van der Waals surface area contributed by atoms with Crippen LogP contribution >= 0.6 is 11.3 Å². The van der Waals surface area contributed by atoms with E-state index in [0.29, 0.717) is 24.8 Å². The van der Waals surface area contributed by atoms with Gasteiger partial charge < -0.3 is 20.0 Å². The van der Waals surface area contributed by atoms with E-state index in [4.69, 9.17) is 5.11 Å². The third-order valence-corrected chi connectivity index (χ3v) is 6.05. The first-order chi connectivity index (χ1) is 14.5. The molecule has 0 spiro atoms. The summed E-state index contributed by atoms with van der Waals surface area (Å²) in [6, 6.07) is 8.45. The molecule has 0 aliphatic carbocycles. The zero-order valence-corrected chi connectivity index (χ0v) is 17.1. The topological polar surface area (TPSA) is 102 Å². The maximum Gasteiger partial charge on any atom is 0.324 e. The zero-order valence-electron chi connectivity index (χ0n) is 16.3. The second kappa shape index (κ2) is 8.50. The van der Waals surface area contributed by atoms with Crippen LogP contribution in [0.3, 0.4) is 0 Å². The molecule has 0 bridgehead atoms. The number of halogens is 1. The minimum absolute atomic E-state index is 0.168. The van der Waals surface area contributed by atoms with Gasteiger partial charge in [-0.05, 0) is 25.1 Å². The van der Waals surface area contributed by atoms with Crippen LogP contribution in [0.15, 0.2) is 36.5 Å². The van der Waals surface area contributed by atoms with Gasteiger partial charge in [0.15, 0.2) is 16.8 Å². The Kier molecular flexibility index (Phi) is 5.80. The van der Waals surface area contributed by atoms with Crippen LogP contribution in [0.2, 0.25) is 0 Å². The van der Waals surface area contributed by atoms with E-state index in [1.165, 1.54) is 23.6 Å². The molecule has 1 saturated heterocycles. The highest BCUT2D eigenvalue weighted by Gasteiger charge is 2.30. The summed E-state index contributed by atoms with van der Waals surface area (Å²) in [5.74, 6) is -0.401. The number of amides is 2. The number of benzene rings is 1. The molecule has 1 aliphatic heterocycles. The molecule has 30 heavy (non-hydrogen) atoms. The molecule has 2 atom stereocenters. The third-order valence-electron chi connectivity index (χ3n) is 5.10. The third kappa shape index (κ3) is 4.07. The number of aromatic nitrogens is 2. The van der Waals surface area contributed by atoms with E-state index in [0.717, 1.165) is 10.2 Å². The molecule has 8 nitrogen and oxygen atoms in total. The highest BCUT2D eigenvalue weighted by molar-refractivity contribution is 7.22. The number of nitrogens with one attached hydrogen (secondary N) is 1. The van der Waals surface area contributed by atoms with Gasteiger partial charge >= 0.3 is 6.03 Å². The van der Waals surface area contributed by atoms with E-state index in [1.54, 1.807) is 9.80 Å². The summed E-state index contributed by atoms with van der Waals surface area (Å²) in [6.45, 7) is 2.63. The minimum atomic E-state index is -1.16. The predicted octanol–water partition coefficient (Wildman–Crippen LogP) is 2.60. The summed E-state index contributed by atoms with van der Waals surface area (Å²) in [5, 5.41) is 22.0. The lowest BCUT2D eigenvalue weighted by atomic mass is 10.1. The monoisotopic (exact) mass is 431 g/mol. The van der Waals surface area contributed by atoms with Crippen molar-refractivity contribution in [2.24, 2.45) is 0 Å². The number of thiazole rings is 1. The number of urea groups is 1. The number of carbonyl (C=O) groups excluding carboxylic acids is 1. The van der Waals surface area contributed by atoms with Crippen molar-refractivity contribution in [2.75, 3.05) is 36.5 Å². The van der Waals surface area contributed by atoms with E-state index in [9.17, 15) is 14.3 Å². The molecule has 3 aromatic rings. The van der Waals surface area contributed by atoms with Crippen LogP contribution in [0, 0.1) is 5.82 Å². The fourth-order valence-electron chi connectivity index (χ4n) is 3.51. The number of fused-ring (bicyclic) bond motifs is 1. The summed E-state index contributed by atoms with van der Waals surface area (Å²) in [7, 11) is 0. The maximum atomic E-state index is 14.5. The number of para-hydroxylation sites is 1. The van der Waals surface area contributed by atoms with Crippen molar-refractivity contribution in [3.63, 3.8) is 0 Å². The summed E-state index contributed by atoms with van der Waals surface area (Å²) in [6.07, 6.45) is 0.193. The Labute approximate surface area is 176 Å². The highest BCUT2D eigenvalue weighted by atomic mass is 32.1. The fourth-order valence-corrected chi connectivity index (χ4v) is 4.36. The number of aliphatic hydroxyl groups is 2. The van der Waals surface area contributed by atoms with Crippen LogP contribution in [0.4, 0.5) is 20.1 Å². The molecule has 1 fully saturated rings. The number of hydrogen-bond acceptors (Lipinski definition) is 7. The number of nitrogens with zero attached hydrogens (tertiary/aromatic N) is 4. The van der Waals surface area contributed by atoms with Crippen molar-refractivity contribution < 1.29 is 19.4 Å². The summed E-state index contributed by atoms with van der Waals surface area (Å²) < 4.78 is 15.5. The first-order valence-corrected chi connectivity index (χ1v) is 10.4. The molecule has 3 N–H and O–H groups in total. The minimum Gasteiger partial charge on any atom is -0.393 e. The Morgan fingerprint density at radius 1 is 1.40 bits per heavy atom. The first-order valence-electron chi connectivity index (χ1n) is 9.58. The zero-order chi connectivity index (χ0) is 21.3. The number of aliphatic hydroxyl groups excluding tert-OH is 2. The van der Waals surface area contributed by atoms with Crippen LogP contribution in [0.25, 0.3) is 10.2 Å². The Morgan fingerprint density at radius 2 is 2.20 bits per heavy atom. The molecule has 0 saturated carbocycles. The van der Waals surface area contributed by atoms with Gasteiger partial charge in [0.05, 0.1) is 16.8 Å². The Hall–Kier alpha value is -2.82. The maximum absolute atomic E-state index is 14.5. The van der Waals surface area contributed by atoms with Gasteiger partial charge in [0.2, 0.25) is 0 Å². The van der Waals surface area contributed by atoms with Gasteiger partial charge in [-0.2, -0.15) is 0 Å². The molecule has 10 heteroatoms. The highest BCUT2D eigenvalue weighted by Crippen LogP contribution is 2.27. The van der Waals surface area contributed by atoms with Gasteiger partial charge in [-0.1, -0.05) is 23.5 Å². The van der Waals surface area contributed by atoms with Crippen LogP contribution < -0.4 is 10.2 Å². The normalized spacial score (nSPS) is 17.9. The van der Waals surface area contributed by atoms with Gasteiger partial charge in [-0.3, -0.25) is 5.32 Å². The number of carbonyl (C=O) groups is 1. The van der Waals surface area contributed by atoms with Crippen molar-refractivity contribution in [2.45, 2.75) is 19.1 Å². The van der Waals surface area contributed by atoms with E-state index in [2.05, 4.69) is 15.3 Å². The van der Waals surface area contributed by atoms with Crippen LogP contribution in [-0.4, -0.2) is 63.4 Å². The van der Waals surface area contributed by atoms with E-state index in [1.807, 2.05) is 31.2 Å². The quantitative estimate of drug-likeness (QED) is 0.587. The van der Waals surface area contributed by atoms with Gasteiger partial charge in [-0.25, -0.2) is 19.2 Å². The summed E-state index contributed by atoms with van der Waals surface area (Å²) in [5.41, 5.74) is 1.06. The molecule has 1 aromatic carbocycles. The standard InChI is InChI=1S/C20H22FN5O3S/c1-12-10-25(18-14(21)8-13(9-22-18)16(28)11-27)6-7-26(12)20(29)24-19-23-15-4-2-3-5-17(15)30-19/h2-5,8-9,12,16,27-28H,6-7,10-11H2,1H3,(H,23,24,29). The number of anilines is 2. The summed E-state index contributed by atoms with van der Waals surface area (Å²) in [4.78, 5) is 24.8. The average molecular weight is 431 g/mol. The Morgan fingerprint density at radius 3 is 2.90 bits per heavy atom. The van der Waals surface area contributed by atoms with Crippen molar-refractivity contribution in [3.8, 4) is 0 Å². The lowest BCUT2D eigenvalue weighted by Crippen LogP contribution is -2.55. The number of pyridine rings is 1. The number of piperazine rings is 1. The smallest absolute Gasteiger partial charge is 0.324 e. The first kappa shape index (κ1) is 20.5. The molecule has 2 aromatic heterocycles. The molecule has 4 rings (SSSR count). The number of rotatable bonds is 4. The second-order valence-electron chi connectivity index (χ2n) is 7.18. The number of hydrogen-bond donors (Lipinski definition) is 3. The molecular formula is C20H22FN5O3S. The van der Waals surface area contributed by atoms with E-state index >= 15 is 0 Å². The van der Waals surface area contributed by atoms with Gasteiger partial charge in [-0.15, -0.1) is 0 Å². The van der Waals surface area contributed by atoms with Crippen LogP contribution in [0.5, 0.6) is 0 Å². The van der Waals surface area contributed by atoms with Crippen molar-refractivity contribution in [1.82, 2.24) is 14.9 Å². The molecule has 2 amide bonds. The van der Waals surface area contributed by atoms with E-state index < -0.39 is 18.5 Å². The Bertz CT molecular complexity index is 1030. The molecular weight excluding hydrogens is 409 g/mol. The average Bonchev–Trinajstić information content (AvgIpc) is 3.15. The van der Waals surface area contributed by atoms with Crippen LogP contribution in [0.1, 0.15) is 18.6 Å². The fraction of sp³-hybridized carbons (Fsp3) is 0.350. The molecule has 2 unspecified atom stereocenters. The lowest BCUT2D eigenvalue weighted by molar-refractivity contribution is 0.0951. The van der Waals surface area contributed by atoms with Gasteiger partial charge in [0, 0.05) is 37.4 Å². The van der Waals surface area contributed by atoms with Crippen molar-refractivity contribution in [1.29, 1.82) is 0 Å².